The van der Waals surface area contributed by atoms with Gasteiger partial charge in [-0.25, -0.2) is 9.37 Å². The van der Waals surface area contributed by atoms with E-state index in [1.807, 2.05) is 0 Å². The Morgan fingerprint density at radius 3 is 2.83 bits per heavy atom. The van der Waals surface area contributed by atoms with E-state index < -0.39 is 0 Å². The number of halogens is 2. The lowest BCUT2D eigenvalue weighted by Crippen LogP contribution is -2.13. The minimum absolute atomic E-state index is 0.250. The molecule has 1 aromatic carbocycles. The molecule has 1 aromatic heterocycles. The summed E-state index contributed by atoms with van der Waals surface area (Å²) < 4.78 is 13.5. The van der Waals surface area contributed by atoms with Gasteiger partial charge in [-0.1, -0.05) is 0 Å². The molecule has 3 N–H and O–H groups in total. The third kappa shape index (κ3) is 2.83. The number of hydrogen-bond donors (Lipinski definition) is 2. The highest BCUT2D eigenvalue weighted by Crippen LogP contribution is 2.25. The summed E-state index contributed by atoms with van der Waals surface area (Å²) in [5, 5.41) is 0. The van der Waals surface area contributed by atoms with Gasteiger partial charge in [0.2, 0.25) is 0 Å². The summed E-state index contributed by atoms with van der Waals surface area (Å²) in [5.74, 6) is 0.0453. The van der Waals surface area contributed by atoms with Gasteiger partial charge in [-0.2, -0.15) is 0 Å². The van der Waals surface area contributed by atoms with Gasteiger partial charge in [0.25, 0.3) is 5.56 Å². The number of nitrogens with zero attached hydrogens (tertiary/aromatic N) is 1. The van der Waals surface area contributed by atoms with Gasteiger partial charge in [0.05, 0.1) is 0 Å². The zero-order chi connectivity index (χ0) is 13.1. The van der Waals surface area contributed by atoms with Gasteiger partial charge < -0.3 is 10.7 Å². The van der Waals surface area contributed by atoms with E-state index in [-0.39, 0.29) is 11.4 Å². The Hall–Kier alpha value is -1.53. The van der Waals surface area contributed by atoms with E-state index in [2.05, 4.69) is 25.9 Å². The molecule has 0 aliphatic rings. The Kier molecular flexibility index (Phi) is 3.88. The van der Waals surface area contributed by atoms with Gasteiger partial charge in [-0.05, 0) is 40.7 Å². The maximum Gasteiger partial charge on any atom is 0.251 e. The minimum Gasteiger partial charge on any atom is -0.330 e. The van der Waals surface area contributed by atoms with Gasteiger partial charge >= 0.3 is 0 Å². The molecule has 2 rings (SSSR count). The average Bonchev–Trinajstić information content (AvgIpc) is 2.28. The quantitative estimate of drug-likeness (QED) is 0.908. The first kappa shape index (κ1) is 12.9. The number of hydrogen-bond acceptors (Lipinski definition) is 3. The van der Waals surface area contributed by atoms with Gasteiger partial charge in [0.1, 0.15) is 11.6 Å². The molecule has 0 fully saturated rings. The second-order valence-corrected chi connectivity index (χ2v) is 4.60. The maximum atomic E-state index is 13.0. The summed E-state index contributed by atoms with van der Waals surface area (Å²) in [7, 11) is 0. The van der Waals surface area contributed by atoms with Crippen LogP contribution in [0.25, 0.3) is 11.4 Å². The smallest absolute Gasteiger partial charge is 0.251 e. The largest absolute Gasteiger partial charge is 0.330 e. The third-order valence-electron chi connectivity index (χ3n) is 2.38. The fourth-order valence-electron chi connectivity index (χ4n) is 1.59. The zero-order valence-electron chi connectivity index (χ0n) is 9.41. The van der Waals surface area contributed by atoms with Gasteiger partial charge in [0, 0.05) is 28.2 Å². The summed E-state index contributed by atoms with van der Waals surface area (Å²) in [4.78, 5) is 18.4. The lowest BCUT2D eigenvalue weighted by Gasteiger charge is -2.05. The van der Waals surface area contributed by atoms with Crippen LogP contribution in [0.5, 0.6) is 0 Å². The molecule has 0 saturated carbocycles. The summed E-state index contributed by atoms with van der Waals surface area (Å²) in [6.45, 7) is 0.417. The molecule has 1 heterocycles. The minimum atomic E-state index is -0.355. The SMILES string of the molecule is NCCc1cc(=O)[nH]c(-c2ccc(F)cc2Br)n1. The second-order valence-electron chi connectivity index (χ2n) is 3.75. The van der Waals surface area contributed by atoms with Crippen molar-refractivity contribution in [3.05, 3.63) is 50.6 Å². The van der Waals surface area contributed by atoms with Crippen LogP contribution in [0.1, 0.15) is 5.69 Å². The van der Waals surface area contributed by atoms with Crippen molar-refractivity contribution in [1.29, 1.82) is 0 Å². The van der Waals surface area contributed by atoms with Crippen LogP contribution in [-0.2, 0) is 6.42 Å². The first-order valence-electron chi connectivity index (χ1n) is 5.36. The Balaban J connectivity index is 2.53. The van der Waals surface area contributed by atoms with Crippen molar-refractivity contribution in [3.63, 3.8) is 0 Å². The van der Waals surface area contributed by atoms with Crippen molar-refractivity contribution in [3.8, 4) is 11.4 Å². The fourth-order valence-corrected chi connectivity index (χ4v) is 2.13. The highest BCUT2D eigenvalue weighted by Gasteiger charge is 2.08. The normalized spacial score (nSPS) is 10.6. The highest BCUT2D eigenvalue weighted by molar-refractivity contribution is 9.10. The van der Waals surface area contributed by atoms with Crippen molar-refractivity contribution in [1.82, 2.24) is 9.97 Å². The topological polar surface area (TPSA) is 71.8 Å². The number of nitrogens with one attached hydrogen (secondary N) is 1. The molecule has 0 saturated heterocycles. The number of rotatable bonds is 3. The van der Waals surface area contributed by atoms with Crippen LogP contribution in [0.3, 0.4) is 0 Å². The zero-order valence-corrected chi connectivity index (χ0v) is 11.0. The van der Waals surface area contributed by atoms with Crippen LogP contribution < -0.4 is 11.3 Å². The maximum absolute atomic E-state index is 13.0. The summed E-state index contributed by atoms with van der Waals surface area (Å²) in [5.41, 5.74) is 6.44. The van der Waals surface area contributed by atoms with Crippen molar-refractivity contribution >= 4 is 15.9 Å². The van der Waals surface area contributed by atoms with Crippen molar-refractivity contribution in [2.45, 2.75) is 6.42 Å². The molecular formula is C12H11BrFN3O. The van der Waals surface area contributed by atoms with Gasteiger partial charge in [-0.3, -0.25) is 4.79 Å². The highest BCUT2D eigenvalue weighted by atomic mass is 79.9. The Morgan fingerprint density at radius 2 is 2.17 bits per heavy atom. The Bertz CT molecular complexity index is 627. The molecule has 0 atom stereocenters. The predicted molar refractivity (Wildman–Crippen MR) is 70.7 cm³/mol. The van der Waals surface area contributed by atoms with E-state index in [1.54, 1.807) is 6.07 Å². The lowest BCUT2D eigenvalue weighted by atomic mass is 10.2. The predicted octanol–water partition coefficient (Wildman–Crippen LogP) is 1.84. The van der Waals surface area contributed by atoms with E-state index in [0.29, 0.717) is 34.5 Å². The van der Waals surface area contributed by atoms with Crippen molar-refractivity contribution < 1.29 is 4.39 Å². The van der Waals surface area contributed by atoms with E-state index in [9.17, 15) is 9.18 Å². The summed E-state index contributed by atoms with van der Waals surface area (Å²) in [6.07, 6.45) is 0.524. The standard InChI is InChI=1S/C12H11BrFN3O/c13-10-5-7(14)1-2-9(10)12-16-8(3-4-15)6-11(18)17-12/h1-2,5-6H,3-4,15H2,(H,16,17,18). The molecule has 0 unspecified atom stereocenters. The van der Waals surface area contributed by atoms with E-state index in [4.69, 9.17) is 5.73 Å². The van der Waals surface area contributed by atoms with Crippen molar-refractivity contribution in [2.75, 3.05) is 6.54 Å². The van der Waals surface area contributed by atoms with Gasteiger partial charge in [0.15, 0.2) is 0 Å². The molecule has 0 aliphatic heterocycles. The molecule has 0 spiro atoms. The fraction of sp³-hybridized carbons (Fsp3) is 0.167. The summed E-state index contributed by atoms with van der Waals surface area (Å²) >= 11 is 3.25. The third-order valence-corrected chi connectivity index (χ3v) is 3.04. The Labute approximate surface area is 111 Å². The van der Waals surface area contributed by atoms with E-state index >= 15 is 0 Å². The molecular weight excluding hydrogens is 301 g/mol. The molecule has 94 valence electrons. The van der Waals surface area contributed by atoms with Crippen LogP contribution in [0.15, 0.2) is 33.5 Å². The van der Waals surface area contributed by atoms with E-state index in [0.717, 1.165) is 0 Å². The number of benzene rings is 1. The van der Waals surface area contributed by atoms with Crippen LogP contribution in [0.2, 0.25) is 0 Å². The lowest BCUT2D eigenvalue weighted by molar-refractivity contribution is 0.627. The molecule has 0 radical (unpaired) electrons. The molecule has 0 aliphatic carbocycles. The van der Waals surface area contributed by atoms with Crippen LogP contribution in [0.4, 0.5) is 4.39 Å². The molecule has 0 amide bonds. The first-order chi connectivity index (χ1) is 8.60. The Morgan fingerprint density at radius 1 is 1.39 bits per heavy atom. The van der Waals surface area contributed by atoms with Crippen LogP contribution in [0, 0.1) is 5.82 Å². The number of aromatic nitrogens is 2. The monoisotopic (exact) mass is 311 g/mol. The molecule has 0 bridgehead atoms. The van der Waals surface area contributed by atoms with Crippen LogP contribution in [-0.4, -0.2) is 16.5 Å². The number of aromatic amines is 1. The second kappa shape index (κ2) is 5.41. The molecule has 6 heteroatoms. The van der Waals surface area contributed by atoms with Crippen molar-refractivity contribution in [2.24, 2.45) is 5.73 Å². The summed E-state index contributed by atoms with van der Waals surface area (Å²) in [6, 6.07) is 5.61. The van der Waals surface area contributed by atoms with E-state index in [1.165, 1.54) is 18.2 Å². The average molecular weight is 312 g/mol. The number of nitrogens with two attached hydrogens (primary N) is 1. The van der Waals surface area contributed by atoms with Gasteiger partial charge in [-0.15, -0.1) is 0 Å². The van der Waals surface area contributed by atoms with Crippen LogP contribution >= 0.6 is 15.9 Å². The first-order valence-corrected chi connectivity index (χ1v) is 6.15. The molecule has 2 aromatic rings. The molecule has 18 heavy (non-hydrogen) atoms. The molecule has 4 nitrogen and oxygen atoms in total. The number of H-pyrrole nitrogens is 1.